The van der Waals surface area contributed by atoms with Crippen LogP contribution in [0.1, 0.15) is 5.56 Å². The van der Waals surface area contributed by atoms with Crippen LogP contribution in [0.5, 0.6) is 11.5 Å². The Labute approximate surface area is 130 Å². The standard InChI is InChI=1S/C17H21NO2S/c1-18-13-14-4-3-5-16(12-14)20-11-10-19-15-6-8-17(21-2)9-7-15/h3-9,12,18H,10-11,13H2,1-2H3. The fraction of sp³-hybridized carbons (Fsp3) is 0.294. The minimum atomic E-state index is 0.535. The van der Waals surface area contributed by atoms with Crippen LogP contribution in [0.3, 0.4) is 0 Å². The van der Waals surface area contributed by atoms with E-state index in [1.165, 1.54) is 10.5 Å². The molecule has 0 spiro atoms. The lowest BCUT2D eigenvalue weighted by molar-refractivity contribution is 0.217. The van der Waals surface area contributed by atoms with Gasteiger partial charge in [0.15, 0.2) is 0 Å². The molecule has 0 amide bonds. The Bertz CT molecular complexity index is 543. The molecular formula is C17H21NO2S. The number of benzene rings is 2. The smallest absolute Gasteiger partial charge is 0.122 e. The molecule has 0 unspecified atom stereocenters. The van der Waals surface area contributed by atoms with Crippen molar-refractivity contribution in [2.75, 3.05) is 26.5 Å². The maximum Gasteiger partial charge on any atom is 0.122 e. The van der Waals surface area contributed by atoms with E-state index in [9.17, 15) is 0 Å². The summed E-state index contributed by atoms with van der Waals surface area (Å²) in [5, 5.41) is 3.13. The van der Waals surface area contributed by atoms with Gasteiger partial charge in [0, 0.05) is 11.4 Å². The fourth-order valence-electron chi connectivity index (χ4n) is 1.94. The monoisotopic (exact) mass is 303 g/mol. The molecule has 112 valence electrons. The Morgan fingerprint density at radius 1 is 0.952 bits per heavy atom. The Balaban J connectivity index is 1.74. The topological polar surface area (TPSA) is 30.5 Å². The Morgan fingerprint density at radius 2 is 1.67 bits per heavy atom. The molecule has 0 fully saturated rings. The van der Waals surface area contributed by atoms with Crippen molar-refractivity contribution in [3.05, 3.63) is 54.1 Å². The van der Waals surface area contributed by atoms with E-state index in [-0.39, 0.29) is 0 Å². The van der Waals surface area contributed by atoms with Crippen molar-refractivity contribution in [1.82, 2.24) is 5.32 Å². The zero-order chi connectivity index (χ0) is 14.9. The lowest BCUT2D eigenvalue weighted by atomic mass is 10.2. The summed E-state index contributed by atoms with van der Waals surface area (Å²) in [5.74, 6) is 1.75. The second kappa shape index (κ2) is 8.60. The van der Waals surface area contributed by atoms with Crippen LogP contribution in [0.25, 0.3) is 0 Å². The Kier molecular flexibility index (Phi) is 6.44. The molecule has 0 radical (unpaired) electrons. The van der Waals surface area contributed by atoms with Gasteiger partial charge in [0.1, 0.15) is 24.7 Å². The van der Waals surface area contributed by atoms with E-state index in [0.717, 1.165) is 18.0 Å². The third-order valence-corrected chi connectivity index (χ3v) is 3.70. The maximum atomic E-state index is 5.70. The first kappa shape index (κ1) is 15.7. The molecule has 3 nitrogen and oxygen atoms in total. The van der Waals surface area contributed by atoms with Gasteiger partial charge >= 0.3 is 0 Å². The first-order valence-electron chi connectivity index (χ1n) is 6.95. The van der Waals surface area contributed by atoms with E-state index in [2.05, 4.69) is 29.8 Å². The molecule has 0 heterocycles. The molecule has 2 aromatic rings. The van der Waals surface area contributed by atoms with Crippen LogP contribution in [0.2, 0.25) is 0 Å². The van der Waals surface area contributed by atoms with Crippen LogP contribution < -0.4 is 14.8 Å². The molecule has 0 saturated carbocycles. The lowest BCUT2D eigenvalue weighted by Crippen LogP contribution is -2.09. The summed E-state index contributed by atoms with van der Waals surface area (Å²) in [7, 11) is 1.93. The summed E-state index contributed by atoms with van der Waals surface area (Å²) in [6.45, 7) is 1.91. The predicted octanol–water partition coefficient (Wildman–Crippen LogP) is 3.59. The lowest BCUT2D eigenvalue weighted by Gasteiger charge is -2.09. The molecule has 0 aliphatic carbocycles. The van der Waals surface area contributed by atoms with Gasteiger partial charge in [-0.1, -0.05) is 12.1 Å². The van der Waals surface area contributed by atoms with Crippen molar-refractivity contribution >= 4 is 11.8 Å². The highest BCUT2D eigenvalue weighted by Crippen LogP contribution is 2.19. The minimum absolute atomic E-state index is 0.535. The molecule has 0 aromatic heterocycles. The van der Waals surface area contributed by atoms with E-state index in [1.807, 2.05) is 37.4 Å². The highest BCUT2D eigenvalue weighted by molar-refractivity contribution is 7.98. The fourth-order valence-corrected chi connectivity index (χ4v) is 2.35. The summed E-state index contributed by atoms with van der Waals surface area (Å²) in [5.41, 5.74) is 1.21. The Hall–Kier alpha value is -1.65. The first-order valence-corrected chi connectivity index (χ1v) is 8.17. The first-order chi connectivity index (χ1) is 10.3. The summed E-state index contributed by atoms with van der Waals surface area (Å²) < 4.78 is 11.4. The highest BCUT2D eigenvalue weighted by atomic mass is 32.2. The normalized spacial score (nSPS) is 10.4. The molecule has 0 bridgehead atoms. The quantitative estimate of drug-likeness (QED) is 0.596. The van der Waals surface area contributed by atoms with Gasteiger partial charge in [-0.2, -0.15) is 0 Å². The zero-order valence-corrected chi connectivity index (χ0v) is 13.3. The van der Waals surface area contributed by atoms with Gasteiger partial charge < -0.3 is 14.8 Å². The van der Waals surface area contributed by atoms with E-state index < -0.39 is 0 Å². The van der Waals surface area contributed by atoms with Gasteiger partial charge in [0.25, 0.3) is 0 Å². The number of thioether (sulfide) groups is 1. The molecule has 0 saturated heterocycles. The number of nitrogens with one attached hydrogen (secondary N) is 1. The van der Waals surface area contributed by atoms with Crippen LogP contribution >= 0.6 is 11.8 Å². The van der Waals surface area contributed by atoms with Gasteiger partial charge in [-0.15, -0.1) is 11.8 Å². The number of hydrogen-bond acceptors (Lipinski definition) is 4. The van der Waals surface area contributed by atoms with Crippen molar-refractivity contribution in [2.24, 2.45) is 0 Å². The average Bonchev–Trinajstić information content (AvgIpc) is 2.53. The maximum absolute atomic E-state index is 5.70. The minimum Gasteiger partial charge on any atom is -0.490 e. The summed E-state index contributed by atoms with van der Waals surface area (Å²) >= 11 is 1.72. The summed E-state index contributed by atoms with van der Waals surface area (Å²) in [6.07, 6.45) is 2.06. The SMILES string of the molecule is CNCc1cccc(OCCOc2ccc(SC)cc2)c1. The van der Waals surface area contributed by atoms with Gasteiger partial charge in [-0.05, 0) is 55.3 Å². The van der Waals surface area contributed by atoms with Crippen LogP contribution in [0.4, 0.5) is 0 Å². The number of rotatable bonds is 8. The third-order valence-electron chi connectivity index (χ3n) is 2.96. The van der Waals surface area contributed by atoms with Crippen molar-refractivity contribution in [2.45, 2.75) is 11.4 Å². The van der Waals surface area contributed by atoms with E-state index >= 15 is 0 Å². The number of ether oxygens (including phenoxy) is 2. The van der Waals surface area contributed by atoms with Crippen molar-refractivity contribution < 1.29 is 9.47 Å². The van der Waals surface area contributed by atoms with Crippen LogP contribution in [0, 0.1) is 0 Å². The molecule has 0 aliphatic heterocycles. The highest BCUT2D eigenvalue weighted by Gasteiger charge is 1.98. The van der Waals surface area contributed by atoms with Gasteiger partial charge in [-0.3, -0.25) is 0 Å². The molecule has 4 heteroatoms. The van der Waals surface area contributed by atoms with E-state index in [1.54, 1.807) is 11.8 Å². The molecule has 2 aromatic carbocycles. The molecule has 0 atom stereocenters. The van der Waals surface area contributed by atoms with Crippen molar-refractivity contribution in [3.63, 3.8) is 0 Å². The largest absolute Gasteiger partial charge is 0.490 e. The van der Waals surface area contributed by atoms with Crippen LogP contribution in [0.15, 0.2) is 53.4 Å². The van der Waals surface area contributed by atoms with Gasteiger partial charge in [-0.25, -0.2) is 0 Å². The number of hydrogen-bond donors (Lipinski definition) is 1. The predicted molar refractivity (Wildman–Crippen MR) is 88.4 cm³/mol. The summed E-state index contributed by atoms with van der Waals surface area (Å²) in [6, 6.07) is 16.2. The van der Waals surface area contributed by atoms with Crippen LogP contribution in [-0.4, -0.2) is 26.5 Å². The Morgan fingerprint density at radius 3 is 2.33 bits per heavy atom. The van der Waals surface area contributed by atoms with Crippen LogP contribution in [-0.2, 0) is 6.54 Å². The van der Waals surface area contributed by atoms with E-state index in [4.69, 9.17) is 9.47 Å². The molecular weight excluding hydrogens is 282 g/mol. The van der Waals surface area contributed by atoms with Gasteiger partial charge in [0.2, 0.25) is 0 Å². The molecule has 1 N–H and O–H groups in total. The molecule has 0 aliphatic rings. The average molecular weight is 303 g/mol. The van der Waals surface area contributed by atoms with Crippen molar-refractivity contribution in [3.8, 4) is 11.5 Å². The zero-order valence-electron chi connectivity index (χ0n) is 12.5. The second-order valence-corrected chi connectivity index (χ2v) is 5.43. The molecule has 2 rings (SSSR count). The van der Waals surface area contributed by atoms with Gasteiger partial charge in [0.05, 0.1) is 0 Å². The molecule has 21 heavy (non-hydrogen) atoms. The second-order valence-electron chi connectivity index (χ2n) is 4.55. The van der Waals surface area contributed by atoms with Crippen molar-refractivity contribution in [1.29, 1.82) is 0 Å². The third kappa shape index (κ3) is 5.33. The van der Waals surface area contributed by atoms with E-state index in [0.29, 0.717) is 13.2 Å². The summed E-state index contributed by atoms with van der Waals surface area (Å²) in [4.78, 5) is 1.24.